The van der Waals surface area contributed by atoms with E-state index in [-0.39, 0.29) is 12.1 Å². The Bertz CT molecular complexity index is 942. The summed E-state index contributed by atoms with van der Waals surface area (Å²) in [5.74, 6) is 0. The van der Waals surface area contributed by atoms with E-state index in [9.17, 15) is 0 Å². The maximum absolute atomic E-state index is 3.83. The standard InChI is InChI=1S/C29H32N2/c1-20-15-22(3)28(23(4)16-20)30(26-11-7-8-12-26)19-31(27-13-9-10-14-27)29-24(5)17-21(2)18-25(29)6/h7-18,26-27H,1-6H3. The first-order chi connectivity index (χ1) is 14.8. The first kappa shape index (κ1) is 21.2. The van der Waals surface area contributed by atoms with Crippen molar-refractivity contribution in [1.82, 2.24) is 0 Å². The number of anilines is 2. The van der Waals surface area contributed by atoms with Gasteiger partial charge in [0.25, 0.3) is 0 Å². The molecule has 2 aliphatic rings. The van der Waals surface area contributed by atoms with Gasteiger partial charge in [0.2, 0.25) is 6.67 Å². The lowest BCUT2D eigenvalue weighted by atomic mass is 10.0. The Balaban J connectivity index is 1.83. The number of aryl methyl sites for hydroxylation is 6. The second kappa shape index (κ2) is 8.63. The van der Waals surface area contributed by atoms with E-state index in [1.54, 1.807) is 0 Å². The number of nitrogens with zero attached hydrogens (tertiary/aromatic N) is 2. The first-order valence-corrected chi connectivity index (χ1v) is 11.1. The van der Waals surface area contributed by atoms with Crippen molar-refractivity contribution in [2.24, 2.45) is 0 Å². The van der Waals surface area contributed by atoms with Crippen LogP contribution in [0.15, 0.2) is 72.9 Å². The smallest absolute Gasteiger partial charge is 0.210 e. The second-order valence-corrected chi connectivity index (χ2v) is 8.86. The molecule has 2 nitrogen and oxygen atoms in total. The molecule has 2 aliphatic carbocycles. The van der Waals surface area contributed by atoms with Crippen molar-refractivity contribution in [3.63, 3.8) is 0 Å². The van der Waals surface area contributed by atoms with E-state index in [4.69, 9.17) is 0 Å². The highest BCUT2D eigenvalue weighted by molar-refractivity contribution is 5.69. The van der Waals surface area contributed by atoms with Gasteiger partial charge in [-0.05, 0) is 63.8 Å². The molecule has 0 heterocycles. The van der Waals surface area contributed by atoms with Crippen LogP contribution in [0.25, 0.3) is 0 Å². The summed E-state index contributed by atoms with van der Waals surface area (Å²) in [6.07, 6.45) is 17.4. The van der Waals surface area contributed by atoms with Gasteiger partial charge < -0.3 is 9.80 Å². The summed E-state index contributed by atoms with van der Waals surface area (Å²) in [5, 5.41) is 0. The number of hydrogen-bond acceptors (Lipinski definition) is 2. The third-order valence-electron chi connectivity index (χ3n) is 6.02. The minimum atomic E-state index is 0.142. The van der Waals surface area contributed by atoms with Crippen molar-refractivity contribution < 1.29 is 0 Å². The third-order valence-corrected chi connectivity index (χ3v) is 6.02. The minimum absolute atomic E-state index is 0.142. The highest BCUT2D eigenvalue weighted by Crippen LogP contribution is 2.36. The molecule has 0 bridgehead atoms. The average Bonchev–Trinajstić information content (AvgIpc) is 3.38. The summed E-state index contributed by atoms with van der Waals surface area (Å²) >= 11 is 0. The van der Waals surface area contributed by atoms with Crippen molar-refractivity contribution in [3.05, 3.63) is 113 Å². The Morgan fingerprint density at radius 1 is 0.516 bits per heavy atom. The molecule has 2 heteroatoms. The van der Waals surface area contributed by atoms with Gasteiger partial charge in [0.05, 0.1) is 12.1 Å². The molecule has 0 N–H and O–H groups in total. The van der Waals surface area contributed by atoms with Crippen molar-refractivity contribution in [3.8, 4) is 0 Å². The van der Waals surface area contributed by atoms with Crippen LogP contribution < -0.4 is 9.80 Å². The molecule has 2 aromatic carbocycles. The molecule has 0 amide bonds. The number of allylic oxidation sites excluding steroid dienone is 4. The molecule has 31 heavy (non-hydrogen) atoms. The predicted molar refractivity (Wildman–Crippen MR) is 134 cm³/mol. The van der Waals surface area contributed by atoms with Crippen LogP contribution in [0, 0.1) is 48.2 Å². The number of benzene rings is 2. The molecular weight excluding hydrogens is 376 g/mol. The fourth-order valence-electron chi connectivity index (χ4n) is 4.94. The van der Waals surface area contributed by atoms with Gasteiger partial charge in [-0.15, -0.1) is 0 Å². The lowest BCUT2D eigenvalue weighted by Gasteiger charge is -2.39. The molecule has 0 aromatic heterocycles. The summed E-state index contributed by atoms with van der Waals surface area (Å²) < 4.78 is 0. The Hall–Kier alpha value is -3.00. The quantitative estimate of drug-likeness (QED) is 0.483. The highest BCUT2D eigenvalue weighted by atomic mass is 15.3. The second-order valence-electron chi connectivity index (χ2n) is 8.86. The summed E-state index contributed by atoms with van der Waals surface area (Å²) in [7, 11) is 0. The Kier molecular flexibility index (Phi) is 5.91. The van der Waals surface area contributed by atoms with Crippen molar-refractivity contribution >= 4 is 11.4 Å². The maximum atomic E-state index is 3.83. The summed E-state index contributed by atoms with van der Waals surface area (Å²) in [6, 6.07) is 9.34. The lowest BCUT2D eigenvalue weighted by molar-refractivity contribution is 0.776. The molecule has 0 saturated heterocycles. The largest absolute Gasteiger partial charge is 0.331 e. The molecular formula is C29H32N2. The zero-order valence-corrected chi connectivity index (χ0v) is 19.5. The van der Waals surface area contributed by atoms with Gasteiger partial charge in [-0.2, -0.15) is 0 Å². The van der Waals surface area contributed by atoms with Crippen LogP contribution in [0.4, 0.5) is 11.4 Å². The third kappa shape index (κ3) is 4.25. The number of hydrogen-bond donors (Lipinski definition) is 0. The predicted octanol–water partition coefficient (Wildman–Crippen LogP) is 6.84. The van der Waals surface area contributed by atoms with E-state index in [1.807, 2.05) is 0 Å². The SMILES string of the molecule is Cc1cc(C)c(N([C]N(c2c(C)cc(C)cc2C)C2C=CC=C2)C2C=CC=C2)c(C)c1. The fraction of sp³-hybridized carbons (Fsp3) is 0.276. The van der Waals surface area contributed by atoms with E-state index < -0.39 is 0 Å². The summed E-state index contributed by atoms with van der Waals surface area (Å²) in [5.41, 5.74) is 10.1. The zero-order chi connectivity index (χ0) is 22.1. The normalized spacial score (nSPS) is 15.4. The molecule has 0 saturated carbocycles. The van der Waals surface area contributed by atoms with Gasteiger partial charge in [-0.25, -0.2) is 0 Å². The molecule has 0 atom stereocenters. The van der Waals surface area contributed by atoms with Crippen LogP contribution in [0.2, 0.25) is 0 Å². The number of rotatable bonds is 6. The van der Waals surface area contributed by atoms with Crippen LogP contribution >= 0.6 is 0 Å². The van der Waals surface area contributed by atoms with Crippen molar-refractivity contribution in [1.29, 1.82) is 0 Å². The van der Waals surface area contributed by atoms with Gasteiger partial charge in [0.15, 0.2) is 0 Å². The zero-order valence-electron chi connectivity index (χ0n) is 19.5. The molecule has 0 spiro atoms. The molecule has 0 aliphatic heterocycles. The highest BCUT2D eigenvalue weighted by Gasteiger charge is 2.28. The van der Waals surface area contributed by atoms with Crippen LogP contribution in [0.5, 0.6) is 0 Å². The maximum Gasteiger partial charge on any atom is 0.210 e. The molecule has 158 valence electrons. The van der Waals surface area contributed by atoms with E-state index in [0.29, 0.717) is 0 Å². The van der Waals surface area contributed by atoms with Crippen LogP contribution in [0.3, 0.4) is 0 Å². The Labute approximate surface area is 187 Å². The minimum Gasteiger partial charge on any atom is -0.331 e. The van der Waals surface area contributed by atoms with Gasteiger partial charge in [-0.3, -0.25) is 0 Å². The van der Waals surface area contributed by atoms with E-state index in [1.165, 1.54) is 44.8 Å². The van der Waals surface area contributed by atoms with Gasteiger partial charge in [0, 0.05) is 11.4 Å². The van der Waals surface area contributed by atoms with Crippen LogP contribution in [-0.4, -0.2) is 12.1 Å². The monoisotopic (exact) mass is 408 g/mol. The topological polar surface area (TPSA) is 6.48 Å². The average molecular weight is 409 g/mol. The van der Waals surface area contributed by atoms with Crippen molar-refractivity contribution in [2.75, 3.05) is 9.80 Å². The van der Waals surface area contributed by atoms with Crippen LogP contribution in [-0.2, 0) is 0 Å². The summed E-state index contributed by atoms with van der Waals surface area (Å²) in [6.45, 7) is 17.0. The van der Waals surface area contributed by atoms with Crippen LogP contribution in [0.1, 0.15) is 33.4 Å². The first-order valence-electron chi connectivity index (χ1n) is 11.1. The molecule has 0 fully saturated rings. The lowest BCUT2D eigenvalue weighted by Crippen LogP contribution is -2.42. The fourth-order valence-corrected chi connectivity index (χ4v) is 4.94. The summed E-state index contributed by atoms with van der Waals surface area (Å²) in [4.78, 5) is 4.62. The van der Waals surface area contributed by atoms with Gasteiger partial charge >= 0.3 is 0 Å². The van der Waals surface area contributed by atoms with E-state index in [2.05, 4.69) is 131 Å². The van der Waals surface area contributed by atoms with E-state index >= 15 is 0 Å². The Morgan fingerprint density at radius 3 is 1.10 bits per heavy atom. The van der Waals surface area contributed by atoms with Gasteiger partial charge in [-0.1, -0.05) is 84.0 Å². The molecule has 0 unspecified atom stereocenters. The molecule has 4 rings (SSSR count). The Morgan fingerprint density at radius 2 is 0.806 bits per heavy atom. The van der Waals surface area contributed by atoms with Gasteiger partial charge in [0.1, 0.15) is 0 Å². The van der Waals surface area contributed by atoms with Crippen molar-refractivity contribution in [2.45, 2.75) is 53.6 Å². The molecule has 2 aromatic rings. The van der Waals surface area contributed by atoms with E-state index in [0.717, 1.165) is 0 Å². The molecule has 2 radical (unpaired) electrons.